The van der Waals surface area contributed by atoms with Gasteiger partial charge in [0.1, 0.15) is 12.4 Å². The van der Waals surface area contributed by atoms with Gasteiger partial charge in [-0.1, -0.05) is 19.1 Å². The second kappa shape index (κ2) is 8.11. The van der Waals surface area contributed by atoms with Crippen LogP contribution in [0.4, 0.5) is 4.39 Å². The van der Waals surface area contributed by atoms with E-state index < -0.39 is 11.8 Å². The number of likely N-dealkylation sites (tertiary alicyclic amines) is 1. The standard InChI is InChI=1S/C19H20FN3O4/c1-3-15-16(20)17(22-11-21-15)27-12-8-9-23(10-12)18(24)13-6-4-5-7-14(13)19(25)26-2/h4-7,11-12H,3,8-10H2,1-2H3/t12-/m1/s1. The van der Waals surface area contributed by atoms with Crippen molar-refractivity contribution in [1.82, 2.24) is 14.9 Å². The average Bonchev–Trinajstić information content (AvgIpc) is 3.17. The molecule has 0 radical (unpaired) electrons. The number of rotatable bonds is 5. The molecule has 0 N–H and O–H groups in total. The molecule has 142 valence electrons. The highest BCUT2D eigenvalue weighted by molar-refractivity contribution is 6.05. The third-order valence-electron chi connectivity index (χ3n) is 4.44. The number of carbonyl (C=O) groups is 2. The van der Waals surface area contributed by atoms with Gasteiger partial charge in [-0.05, 0) is 18.6 Å². The first-order chi connectivity index (χ1) is 13.0. The fourth-order valence-corrected chi connectivity index (χ4v) is 3.01. The number of benzene rings is 1. The molecule has 0 bridgehead atoms. The van der Waals surface area contributed by atoms with Crippen molar-refractivity contribution in [2.24, 2.45) is 0 Å². The van der Waals surface area contributed by atoms with Gasteiger partial charge in [-0.25, -0.2) is 9.78 Å². The van der Waals surface area contributed by atoms with Gasteiger partial charge in [0.05, 0.1) is 30.5 Å². The minimum atomic E-state index is -0.569. The molecule has 7 nitrogen and oxygen atoms in total. The van der Waals surface area contributed by atoms with Crippen molar-refractivity contribution in [1.29, 1.82) is 0 Å². The Morgan fingerprint density at radius 1 is 1.26 bits per heavy atom. The van der Waals surface area contributed by atoms with Crippen LogP contribution in [-0.2, 0) is 11.2 Å². The molecule has 1 atom stereocenters. The lowest BCUT2D eigenvalue weighted by Gasteiger charge is -2.18. The van der Waals surface area contributed by atoms with E-state index in [-0.39, 0.29) is 41.3 Å². The van der Waals surface area contributed by atoms with Gasteiger partial charge < -0.3 is 14.4 Å². The molecule has 3 rings (SSSR count). The van der Waals surface area contributed by atoms with Gasteiger partial charge in [0, 0.05) is 13.0 Å². The van der Waals surface area contributed by atoms with Crippen LogP contribution in [0.15, 0.2) is 30.6 Å². The number of carbonyl (C=O) groups excluding carboxylic acids is 2. The van der Waals surface area contributed by atoms with E-state index in [0.717, 1.165) is 0 Å². The number of halogens is 1. The molecule has 0 unspecified atom stereocenters. The lowest BCUT2D eigenvalue weighted by Crippen LogP contribution is -2.32. The summed E-state index contributed by atoms with van der Waals surface area (Å²) < 4.78 is 24.6. The molecule has 1 fully saturated rings. The molecule has 0 saturated carbocycles. The van der Waals surface area contributed by atoms with E-state index in [2.05, 4.69) is 9.97 Å². The summed E-state index contributed by atoms with van der Waals surface area (Å²) in [5.41, 5.74) is 0.772. The minimum Gasteiger partial charge on any atom is -0.470 e. The fraction of sp³-hybridized carbons (Fsp3) is 0.368. The van der Waals surface area contributed by atoms with E-state index in [1.807, 2.05) is 0 Å². The summed E-state index contributed by atoms with van der Waals surface area (Å²) in [6.07, 6.45) is 1.86. The monoisotopic (exact) mass is 373 g/mol. The molecule has 2 heterocycles. The van der Waals surface area contributed by atoms with Gasteiger partial charge in [0.25, 0.3) is 11.8 Å². The van der Waals surface area contributed by atoms with Crippen LogP contribution in [0.25, 0.3) is 0 Å². The number of amides is 1. The van der Waals surface area contributed by atoms with E-state index in [4.69, 9.17) is 9.47 Å². The van der Waals surface area contributed by atoms with Crippen molar-refractivity contribution >= 4 is 11.9 Å². The molecule has 1 amide bonds. The van der Waals surface area contributed by atoms with E-state index in [1.165, 1.54) is 13.4 Å². The second-order valence-corrected chi connectivity index (χ2v) is 6.11. The van der Waals surface area contributed by atoms with Gasteiger partial charge >= 0.3 is 5.97 Å². The number of hydrogen-bond donors (Lipinski definition) is 0. The topological polar surface area (TPSA) is 81.6 Å². The molecule has 0 spiro atoms. The fourth-order valence-electron chi connectivity index (χ4n) is 3.01. The number of nitrogens with zero attached hydrogens (tertiary/aromatic N) is 3. The van der Waals surface area contributed by atoms with Crippen LogP contribution in [0.5, 0.6) is 5.88 Å². The molecular formula is C19H20FN3O4. The summed E-state index contributed by atoms with van der Waals surface area (Å²) in [5.74, 6) is -1.53. The zero-order valence-corrected chi connectivity index (χ0v) is 15.1. The highest BCUT2D eigenvalue weighted by Gasteiger charge is 2.31. The summed E-state index contributed by atoms with van der Waals surface area (Å²) in [4.78, 5) is 34.0. The number of aryl methyl sites for hydroxylation is 1. The minimum absolute atomic E-state index is 0.101. The van der Waals surface area contributed by atoms with E-state index in [1.54, 1.807) is 36.1 Å². The smallest absolute Gasteiger partial charge is 0.338 e. The summed E-state index contributed by atoms with van der Waals surface area (Å²) >= 11 is 0. The van der Waals surface area contributed by atoms with Crippen LogP contribution < -0.4 is 4.74 Å². The lowest BCUT2D eigenvalue weighted by molar-refractivity contribution is 0.0591. The Morgan fingerprint density at radius 2 is 2.00 bits per heavy atom. The Bertz CT molecular complexity index is 859. The average molecular weight is 373 g/mol. The van der Waals surface area contributed by atoms with Crippen LogP contribution >= 0.6 is 0 Å². The van der Waals surface area contributed by atoms with Crippen molar-refractivity contribution in [3.8, 4) is 5.88 Å². The second-order valence-electron chi connectivity index (χ2n) is 6.11. The molecular weight excluding hydrogens is 353 g/mol. The third kappa shape index (κ3) is 3.89. The van der Waals surface area contributed by atoms with Crippen molar-refractivity contribution in [2.45, 2.75) is 25.9 Å². The first kappa shape index (κ1) is 18.8. The Balaban J connectivity index is 1.72. The Morgan fingerprint density at radius 3 is 2.70 bits per heavy atom. The Hall–Kier alpha value is -3.03. The molecule has 27 heavy (non-hydrogen) atoms. The molecule has 8 heteroatoms. The largest absolute Gasteiger partial charge is 0.470 e. The number of hydrogen-bond acceptors (Lipinski definition) is 6. The van der Waals surface area contributed by atoms with Crippen LogP contribution in [0.2, 0.25) is 0 Å². The van der Waals surface area contributed by atoms with Gasteiger partial charge in [-0.2, -0.15) is 9.37 Å². The highest BCUT2D eigenvalue weighted by Crippen LogP contribution is 2.23. The maximum Gasteiger partial charge on any atom is 0.338 e. The summed E-state index contributed by atoms with van der Waals surface area (Å²) in [7, 11) is 1.27. The normalized spacial score (nSPS) is 16.3. The van der Waals surface area contributed by atoms with E-state index in [0.29, 0.717) is 19.4 Å². The Kier molecular flexibility index (Phi) is 5.63. The molecule has 1 aliphatic rings. The van der Waals surface area contributed by atoms with Crippen LogP contribution in [0, 0.1) is 5.82 Å². The maximum atomic E-state index is 14.2. The van der Waals surface area contributed by atoms with Crippen molar-refractivity contribution < 1.29 is 23.5 Å². The first-order valence-electron chi connectivity index (χ1n) is 8.67. The molecule has 1 aromatic carbocycles. The summed E-state index contributed by atoms with van der Waals surface area (Å²) in [6.45, 7) is 2.51. The number of ether oxygens (including phenoxy) is 2. The molecule has 2 aromatic rings. The molecule has 1 aliphatic heterocycles. The van der Waals surface area contributed by atoms with Gasteiger partial charge in [0.2, 0.25) is 5.82 Å². The zero-order valence-electron chi connectivity index (χ0n) is 15.1. The predicted molar refractivity (Wildman–Crippen MR) is 94.1 cm³/mol. The zero-order chi connectivity index (χ0) is 19.4. The Labute approximate surface area is 156 Å². The van der Waals surface area contributed by atoms with E-state index >= 15 is 0 Å². The number of aromatic nitrogens is 2. The first-order valence-corrected chi connectivity index (χ1v) is 8.67. The van der Waals surface area contributed by atoms with Gasteiger partial charge in [0.15, 0.2) is 0 Å². The van der Waals surface area contributed by atoms with E-state index in [9.17, 15) is 14.0 Å². The molecule has 1 saturated heterocycles. The maximum absolute atomic E-state index is 14.2. The van der Waals surface area contributed by atoms with Gasteiger partial charge in [-0.15, -0.1) is 0 Å². The molecule has 1 aromatic heterocycles. The van der Waals surface area contributed by atoms with Crippen LogP contribution in [-0.4, -0.2) is 53.0 Å². The van der Waals surface area contributed by atoms with Crippen LogP contribution in [0.3, 0.4) is 0 Å². The van der Waals surface area contributed by atoms with Crippen LogP contribution in [0.1, 0.15) is 39.8 Å². The number of methoxy groups -OCH3 is 1. The van der Waals surface area contributed by atoms with Crippen molar-refractivity contribution in [2.75, 3.05) is 20.2 Å². The van der Waals surface area contributed by atoms with Gasteiger partial charge in [-0.3, -0.25) is 4.79 Å². The summed E-state index contributed by atoms with van der Waals surface area (Å²) in [5, 5.41) is 0. The van der Waals surface area contributed by atoms with Crippen molar-refractivity contribution in [3.63, 3.8) is 0 Å². The quantitative estimate of drug-likeness (QED) is 0.748. The third-order valence-corrected chi connectivity index (χ3v) is 4.44. The lowest BCUT2D eigenvalue weighted by atomic mass is 10.1. The highest BCUT2D eigenvalue weighted by atomic mass is 19.1. The number of esters is 1. The SMILES string of the molecule is CCc1ncnc(O[C@@H]2CCN(C(=O)c3ccccc3C(=O)OC)C2)c1F. The molecule has 0 aliphatic carbocycles. The van der Waals surface area contributed by atoms with Crippen molar-refractivity contribution in [3.05, 3.63) is 53.2 Å². The summed E-state index contributed by atoms with van der Waals surface area (Å²) in [6, 6.07) is 6.49. The predicted octanol–water partition coefficient (Wildman–Crippen LogP) is 2.26.